The van der Waals surface area contributed by atoms with Gasteiger partial charge in [-0.05, 0) is 24.8 Å². The second kappa shape index (κ2) is 7.81. The number of carbonyl (C=O) groups excluding carboxylic acids is 3. The number of carbonyl (C=O) groups is 3. The number of fused-ring (bicyclic) bond motifs is 1. The van der Waals surface area contributed by atoms with Crippen molar-refractivity contribution < 1.29 is 14.4 Å². The predicted octanol–water partition coefficient (Wildman–Crippen LogP) is 2.29. The number of hydrogen-bond donors (Lipinski definition) is 2. The molecule has 9 heteroatoms. The third-order valence-electron chi connectivity index (χ3n) is 6.39. The lowest BCUT2D eigenvalue weighted by Gasteiger charge is -2.41. The van der Waals surface area contributed by atoms with Crippen LogP contribution in [0.2, 0.25) is 0 Å². The van der Waals surface area contributed by atoms with Crippen molar-refractivity contribution in [3.8, 4) is 0 Å². The number of imidazole rings is 1. The zero-order valence-corrected chi connectivity index (χ0v) is 17.7. The summed E-state index contributed by atoms with van der Waals surface area (Å²) in [4.78, 5) is 43.5. The van der Waals surface area contributed by atoms with E-state index in [4.69, 9.17) is 4.98 Å². The van der Waals surface area contributed by atoms with Crippen LogP contribution >= 0.6 is 11.3 Å². The van der Waals surface area contributed by atoms with Gasteiger partial charge in [0.25, 0.3) is 5.91 Å². The third kappa shape index (κ3) is 3.59. The van der Waals surface area contributed by atoms with Crippen molar-refractivity contribution in [3.63, 3.8) is 0 Å². The summed E-state index contributed by atoms with van der Waals surface area (Å²) in [5.74, 6) is -0.347. The van der Waals surface area contributed by atoms with E-state index in [9.17, 15) is 14.4 Å². The van der Waals surface area contributed by atoms with Crippen molar-refractivity contribution >= 4 is 34.1 Å². The molecule has 0 bridgehead atoms. The van der Waals surface area contributed by atoms with Crippen LogP contribution in [0, 0.1) is 0 Å². The molecule has 1 aromatic carbocycles. The van der Waals surface area contributed by atoms with Gasteiger partial charge in [-0.2, -0.15) is 0 Å². The van der Waals surface area contributed by atoms with Crippen LogP contribution in [-0.4, -0.2) is 51.3 Å². The molecular formula is C22H23N5O3S. The number of imide groups is 1. The number of piperidine rings is 1. The fourth-order valence-corrected chi connectivity index (χ4v) is 5.33. The normalized spacial score (nSPS) is 20.6. The summed E-state index contributed by atoms with van der Waals surface area (Å²) >= 11 is 1.62. The Hall–Kier alpha value is -3.20. The topological polar surface area (TPSA) is 95.8 Å². The molecule has 4 heterocycles. The molecule has 2 aliphatic heterocycles. The smallest absolute Gasteiger partial charge is 0.322 e. The number of aromatic nitrogens is 2. The van der Waals surface area contributed by atoms with Crippen LogP contribution < -0.4 is 10.6 Å². The van der Waals surface area contributed by atoms with Crippen LogP contribution in [0.5, 0.6) is 0 Å². The molecular weight excluding hydrogens is 414 g/mol. The number of hydrogen-bond acceptors (Lipinski definition) is 5. The van der Waals surface area contributed by atoms with Crippen LogP contribution in [0.3, 0.4) is 0 Å². The van der Waals surface area contributed by atoms with Gasteiger partial charge in [0.1, 0.15) is 6.04 Å². The Morgan fingerprint density at radius 2 is 1.97 bits per heavy atom. The van der Waals surface area contributed by atoms with Gasteiger partial charge in [-0.1, -0.05) is 30.3 Å². The lowest BCUT2D eigenvalue weighted by Crippen LogP contribution is -2.46. The zero-order valence-electron chi connectivity index (χ0n) is 16.9. The molecule has 2 saturated heterocycles. The highest BCUT2D eigenvalue weighted by Crippen LogP contribution is 2.41. The summed E-state index contributed by atoms with van der Waals surface area (Å²) in [6.45, 7) is 1.25. The molecule has 1 atom stereocenters. The lowest BCUT2D eigenvalue weighted by atomic mass is 9.70. The number of thiazole rings is 1. The Balaban J connectivity index is 1.31. The van der Waals surface area contributed by atoms with E-state index in [-0.39, 0.29) is 23.7 Å². The minimum atomic E-state index is -0.622. The van der Waals surface area contributed by atoms with Gasteiger partial charge in [0, 0.05) is 42.7 Å². The van der Waals surface area contributed by atoms with Crippen molar-refractivity contribution in [2.75, 3.05) is 13.1 Å². The standard InChI is InChI=1S/C22H23N5O3S/c28-18(7-6-16-19(29)25-20(30)23-16)26-10-8-22(9-11-26,15-4-2-1-3-5-15)17-14-27-12-13-31-21(27)24-17/h1-5,12-14,16H,6-11H2,(H2,23,25,29,30)/t16-/m0/s1. The van der Waals surface area contributed by atoms with E-state index >= 15 is 0 Å². The largest absolute Gasteiger partial charge is 0.343 e. The average Bonchev–Trinajstić information content (AvgIpc) is 3.47. The fourth-order valence-electron chi connectivity index (χ4n) is 4.63. The van der Waals surface area contributed by atoms with E-state index in [0.29, 0.717) is 19.5 Å². The molecule has 160 valence electrons. The molecule has 0 saturated carbocycles. The zero-order chi connectivity index (χ0) is 21.4. The first-order valence-corrected chi connectivity index (χ1v) is 11.3. The Labute approximate surface area is 183 Å². The van der Waals surface area contributed by atoms with Crippen molar-refractivity contribution in [2.45, 2.75) is 37.1 Å². The van der Waals surface area contributed by atoms with Crippen molar-refractivity contribution in [1.82, 2.24) is 24.9 Å². The highest BCUT2D eigenvalue weighted by molar-refractivity contribution is 7.15. The highest BCUT2D eigenvalue weighted by Gasteiger charge is 2.41. The van der Waals surface area contributed by atoms with E-state index in [1.807, 2.05) is 34.7 Å². The molecule has 31 heavy (non-hydrogen) atoms. The number of benzene rings is 1. The van der Waals surface area contributed by atoms with Crippen molar-refractivity contribution in [3.05, 3.63) is 59.4 Å². The van der Waals surface area contributed by atoms with E-state index in [0.717, 1.165) is 23.5 Å². The summed E-state index contributed by atoms with van der Waals surface area (Å²) in [6.07, 6.45) is 6.25. The maximum absolute atomic E-state index is 12.8. The van der Waals surface area contributed by atoms with Gasteiger partial charge < -0.3 is 10.2 Å². The van der Waals surface area contributed by atoms with Crippen molar-refractivity contribution in [2.24, 2.45) is 0 Å². The van der Waals surface area contributed by atoms with E-state index in [2.05, 4.69) is 33.4 Å². The van der Waals surface area contributed by atoms with Crippen LogP contribution in [0.1, 0.15) is 36.9 Å². The highest BCUT2D eigenvalue weighted by atomic mass is 32.1. The maximum Gasteiger partial charge on any atom is 0.322 e. The van der Waals surface area contributed by atoms with Crippen molar-refractivity contribution in [1.29, 1.82) is 0 Å². The molecule has 4 amide bonds. The number of nitrogens with one attached hydrogen (secondary N) is 2. The first-order valence-electron chi connectivity index (χ1n) is 10.4. The molecule has 2 N–H and O–H groups in total. The third-order valence-corrected chi connectivity index (χ3v) is 7.16. The number of urea groups is 1. The van der Waals surface area contributed by atoms with Gasteiger partial charge in [0.15, 0.2) is 4.96 Å². The number of rotatable bonds is 5. The van der Waals surface area contributed by atoms with Crippen LogP contribution in [0.4, 0.5) is 4.79 Å². The fraction of sp³-hybridized carbons (Fsp3) is 0.364. The molecule has 2 fully saturated rings. The SMILES string of the molecule is O=C1NC(=O)[C@H](CCC(=O)N2CCC(c3ccccc3)(c3cn4ccsc4n3)CC2)N1. The van der Waals surface area contributed by atoms with Gasteiger partial charge in [-0.15, -0.1) is 11.3 Å². The van der Waals surface area contributed by atoms with Crippen LogP contribution in [0.15, 0.2) is 48.1 Å². The van der Waals surface area contributed by atoms with Crippen LogP contribution in [0.25, 0.3) is 4.96 Å². The molecule has 0 unspecified atom stereocenters. The Bertz CT molecular complexity index is 1100. The molecule has 2 aliphatic rings. The summed E-state index contributed by atoms with van der Waals surface area (Å²) in [6, 6.07) is 9.29. The van der Waals surface area contributed by atoms with Gasteiger partial charge in [0.2, 0.25) is 5.91 Å². The van der Waals surface area contributed by atoms with Gasteiger partial charge in [-0.25, -0.2) is 9.78 Å². The van der Waals surface area contributed by atoms with E-state index in [1.165, 1.54) is 5.56 Å². The van der Waals surface area contributed by atoms with Gasteiger partial charge >= 0.3 is 6.03 Å². The average molecular weight is 438 g/mol. The summed E-state index contributed by atoms with van der Waals surface area (Å²) in [5, 5.41) is 6.78. The molecule has 3 aromatic rings. The second-order valence-corrected chi connectivity index (χ2v) is 8.97. The van der Waals surface area contributed by atoms with Gasteiger partial charge in [-0.3, -0.25) is 19.3 Å². The number of nitrogens with zero attached hydrogens (tertiary/aromatic N) is 3. The quantitative estimate of drug-likeness (QED) is 0.599. The second-order valence-electron chi connectivity index (χ2n) is 8.10. The van der Waals surface area contributed by atoms with Gasteiger partial charge in [0.05, 0.1) is 5.69 Å². The molecule has 8 nitrogen and oxygen atoms in total. The van der Waals surface area contributed by atoms with E-state index in [1.54, 1.807) is 11.3 Å². The lowest BCUT2D eigenvalue weighted by molar-refractivity contribution is -0.133. The van der Waals surface area contributed by atoms with E-state index < -0.39 is 12.1 Å². The first-order chi connectivity index (χ1) is 15.0. The summed E-state index contributed by atoms with van der Waals surface area (Å²) in [7, 11) is 0. The first kappa shape index (κ1) is 19.7. The minimum Gasteiger partial charge on any atom is -0.343 e. The number of amides is 4. The molecule has 2 aromatic heterocycles. The Morgan fingerprint density at radius 3 is 2.65 bits per heavy atom. The minimum absolute atomic E-state index is 0.0152. The van der Waals surface area contributed by atoms with Crippen LogP contribution in [-0.2, 0) is 15.0 Å². The summed E-state index contributed by atoms with van der Waals surface area (Å²) in [5.41, 5.74) is 2.03. The molecule has 0 aliphatic carbocycles. The summed E-state index contributed by atoms with van der Waals surface area (Å²) < 4.78 is 2.06. The molecule has 0 spiro atoms. The molecule has 5 rings (SSSR count). The number of likely N-dealkylation sites (tertiary alicyclic amines) is 1. The predicted molar refractivity (Wildman–Crippen MR) is 116 cm³/mol. The molecule has 0 radical (unpaired) electrons. The monoisotopic (exact) mass is 437 g/mol. The Morgan fingerprint density at radius 1 is 1.19 bits per heavy atom. The Kier molecular flexibility index (Phi) is 4.97. The maximum atomic E-state index is 12.8.